The van der Waals surface area contributed by atoms with Gasteiger partial charge in [0, 0.05) is 19.2 Å². The lowest BCUT2D eigenvalue weighted by molar-refractivity contribution is -0.139. The zero-order valence-electron chi connectivity index (χ0n) is 10.8. The summed E-state index contributed by atoms with van der Waals surface area (Å²) in [5, 5.41) is 11.1. The maximum Gasteiger partial charge on any atom is 0.306 e. The number of ether oxygens (including phenoxy) is 1. The monoisotopic (exact) mass is 269 g/mol. The Kier molecular flexibility index (Phi) is 5.44. The normalized spacial score (nSPS) is 11.9. The van der Waals surface area contributed by atoms with Gasteiger partial charge in [-0.3, -0.25) is 9.59 Å². The van der Waals surface area contributed by atoms with E-state index < -0.39 is 23.8 Å². The number of hydrogen-bond donors (Lipinski definition) is 2. The number of aliphatic carboxylic acids is 1. The first-order chi connectivity index (χ1) is 8.93. The zero-order chi connectivity index (χ0) is 14.4. The minimum atomic E-state index is -1.01. The van der Waals surface area contributed by atoms with Gasteiger partial charge in [0.2, 0.25) is 0 Å². The number of carbonyl (C=O) groups excluding carboxylic acids is 1. The second-order valence-corrected chi connectivity index (χ2v) is 4.13. The Morgan fingerprint density at radius 2 is 2.16 bits per heavy atom. The maximum absolute atomic E-state index is 13.3. The predicted octanol–water partition coefficient (Wildman–Crippen LogP) is 1.35. The molecule has 0 aliphatic carbocycles. The molecule has 1 unspecified atom stereocenters. The smallest absolute Gasteiger partial charge is 0.306 e. The van der Waals surface area contributed by atoms with E-state index in [1.54, 1.807) is 6.92 Å². The van der Waals surface area contributed by atoms with Gasteiger partial charge in [-0.15, -0.1) is 0 Å². The molecule has 2 N–H and O–H groups in total. The van der Waals surface area contributed by atoms with Gasteiger partial charge in [-0.25, -0.2) is 4.39 Å². The van der Waals surface area contributed by atoms with Gasteiger partial charge >= 0.3 is 5.97 Å². The summed E-state index contributed by atoms with van der Waals surface area (Å²) in [4.78, 5) is 22.3. The molecule has 0 aliphatic rings. The molecular formula is C13H16FNO4. The summed E-state index contributed by atoms with van der Waals surface area (Å²) in [5.74, 6) is -1.93. The molecule has 0 heterocycles. The van der Waals surface area contributed by atoms with Gasteiger partial charge in [-0.2, -0.15) is 0 Å². The number of nitrogens with one attached hydrogen (secondary N) is 1. The van der Waals surface area contributed by atoms with Crippen LogP contribution >= 0.6 is 0 Å². The van der Waals surface area contributed by atoms with Crippen molar-refractivity contribution in [1.82, 2.24) is 5.32 Å². The van der Waals surface area contributed by atoms with E-state index in [2.05, 4.69) is 5.32 Å². The summed E-state index contributed by atoms with van der Waals surface area (Å²) < 4.78 is 18.2. The topological polar surface area (TPSA) is 75.6 Å². The van der Waals surface area contributed by atoms with E-state index in [1.807, 2.05) is 0 Å². The summed E-state index contributed by atoms with van der Waals surface area (Å²) in [5.41, 5.74) is 0.644. The van der Waals surface area contributed by atoms with Crippen LogP contribution in [0.3, 0.4) is 0 Å². The van der Waals surface area contributed by atoms with Crippen molar-refractivity contribution in [3.05, 3.63) is 35.1 Å². The van der Waals surface area contributed by atoms with Crippen molar-refractivity contribution in [2.45, 2.75) is 19.4 Å². The van der Waals surface area contributed by atoms with Crippen LogP contribution in [0, 0.1) is 12.7 Å². The number of rotatable bonds is 6. The lowest BCUT2D eigenvalue weighted by Gasteiger charge is -2.14. The Morgan fingerprint density at radius 3 is 2.68 bits per heavy atom. The molecule has 1 amide bonds. The van der Waals surface area contributed by atoms with Crippen LogP contribution in [0.15, 0.2) is 18.2 Å². The van der Waals surface area contributed by atoms with Crippen LogP contribution in [-0.4, -0.2) is 36.7 Å². The first-order valence-electron chi connectivity index (χ1n) is 5.73. The third kappa shape index (κ3) is 4.67. The van der Waals surface area contributed by atoms with Gasteiger partial charge in [0.1, 0.15) is 5.82 Å². The van der Waals surface area contributed by atoms with Gasteiger partial charge in [0.05, 0.1) is 12.5 Å². The highest BCUT2D eigenvalue weighted by atomic mass is 19.1. The van der Waals surface area contributed by atoms with E-state index in [9.17, 15) is 14.0 Å². The zero-order valence-corrected chi connectivity index (χ0v) is 10.8. The molecule has 104 valence electrons. The molecule has 6 heteroatoms. The molecule has 0 saturated carbocycles. The molecule has 0 bridgehead atoms. The fraction of sp³-hybridized carbons (Fsp3) is 0.385. The quantitative estimate of drug-likeness (QED) is 0.817. The predicted molar refractivity (Wildman–Crippen MR) is 66.5 cm³/mol. The van der Waals surface area contributed by atoms with E-state index in [1.165, 1.54) is 19.2 Å². The molecule has 1 aromatic rings. The highest BCUT2D eigenvalue weighted by Gasteiger charge is 2.14. The van der Waals surface area contributed by atoms with Crippen LogP contribution in [0.2, 0.25) is 0 Å². The van der Waals surface area contributed by atoms with Crippen molar-refractivity contribution in [3.8, 4) is 0 Å². The van der Waals surface area contributed by atoms with Crippen molar-refractivity contribution >= 4 is 11.9 Å². The molecule has 19 heavy (non-hydrogen) atoms. The van der Waals surface area contributed by atoms with E-state index in [0.717, 1.165) is 6.07 Å². The van der Waals surface area contributed by atoms with Gasteiger partial charge in [-0.05, 0) is 24.6 Å². The first kappa shape index (κ1) is 15.1. The fourth-order valence-electron chi connectivity index (χ4n) is 1.48. The molecule has 1 rings (SSSR count). The van der Waals surface area contributed by atoms with Gasteiger partial charge in [0.15, 0.2) is 0 Å². The van der Waals surface area contributed by atoms with Crippen molar-refractivity contribution in [3.63, 3.8) is 0 Å². The number of hydrogen-bond acceptors (Lipinski definition) is 3. The average Bonchev–Trinajstić information content (AvgIpc) is 2.36. The minimum Gasteiger partial charge on any atom is -0.481 e. The number of carboxylic acid groups (broad SMARTS) is 1. The summed E-state index contributed by atoms with van der Waals surface area (Å²) >= 11 is 0. The molecular weight excluding hydrogens is 253 g/mol. The Morgan fingerprint density at radius 1 is 1.47 bits per heavy atom. The molecule has 0 aliphatic heterocycles. The number of methoxy groups -OCH3 is 1. The standard InChI is InChI=1S/C13H16FNO4/c1-8-3-4-9(5-11(8)14)13(18)15-7-10(19-2)6-12(16)17/h3-5,10H,6-7H2,1-2H3,(H,15,18)(H,16,17). The molecule has 1 atom stereocenters. The summed E-state index contributed by atoms with van der Waals surface area (Å²) in [6.45, 7) is 1.65. The van der Waals surface area contributed by atoms with Crippen LogP contribution in [0.1, 0.15) is 22.3 Å². The number of carboxylic acids is 1. The third-order valence-electron chi connectivity index (χ3n) is 2.66. The van der Waals surface area contributed by atoms with Crippen LogP contribution < -0.4 is 5.32 Å². The lowest BCUT2D eigenvalue weighted by Crippen LogP contribution is -2.34. The highest BCUT2D eigenvalue weighted by Crippen LogP contribution is 2.09. The largest absolute Gasteiger partial charge is 0.481 e. The Balaban J connectivity index is 2.59. The number of benzene rings is 1. The number of amides is 1. The number of carbonyl (C=O) groups is 2. The van der Waals surface area contributed by atoms with Gasteiger partial charge in [0.25, 0.3) is 5.91 Å². The molecule has 1 aromatic carbocycles. The van der Waals surface area contributed by atoms with E-state index in [4.69, 9.17) is 9.84 Å². The second kappa shape index (κ2) is 6.84. The van der Waals surface area contributed by atoms with E-state index in [0.29, 0.717) is 5.56 Å². The first-order valence-corrected chi connectivity index (χ1v) is 5.73. The molecule has 0 spiro atoms. The van der Waals surface area contributed by atoms with Crippen molar-refractivity contribution in [1.29, 1.82) is 0 Å². The fourth-order valence-corrected chi connectivity index (χ4v) is 1.48. The van der Waals surface area contributed by atoms with Crippen LogP contribution in [0.4, 0.5) is 4.39 Å². The summed E-state index contributed by atoms with van der Waals surface area (Å²) in [7, 11) is 1.37. The third-order valence-corrected chi connectivity index (χ3v) is 2.66. The Hall–Kier alpha value is -1.95. The number of halogens is 1. The van der Waals surface area contributed by atoms with Crippen LogP contribution in [0.25, 0.3) is 0 Å². The summed E-state index contributed by atoms with van der Waals surface area (Å²) in [6, 6.07) is 4.16. The summed E-state index contributed by atoms with van der Waals surface area (Å²) in [6.07, 6.45) is -0.823. The van der Waals surface area contributed by atoms with E-state index in [-0.39, 0.29) is 18.5 Å². The second-order valence-electron chi connectivity index (χ2n) is 4.13. The lowest BCUT2D eigenvalue weighted by atomic mass is 10.1. The highest BCUT2D eigenvalue weighted by molar-refractivity contribution is 5.94. The van der Waals surface area contributed by atoms with Crippen LogP contribution in [0.5, 0.6) is 0 Å². The molecule has 0 saturated heterocycles. The molecule has 0 fully saturated rings. The average molecular weight is 269 g/mol. The van der Waals surface area contributed by atoms with Crippen molar-refractivity contribution in [2.24, 2.45) is 0 Å². The molecule has 0 aromatic heterocycles. The maximum atomic E-state index is 13.3. The Labute approximate surface area is 110 Å². The van der Waals surface area contributed by atoms with E-state index >= 15 is 0 Å². The minimum absolute atomic E-state index is 0.0527. The SMILES string of the molecule is COC(CNC(=O)c1ccc(C)c(F)c1)CC(=O)O. The van der Waals surface area contributed by atoms with Crippen LogP contribution in [-0.2, 0) is 9.53 Å². The van der Waals surface area contributed by atoms with Gasteiger partial charge < -0.3 is 15.2 Å². The van der Waals surface area contributed by atoms with Crippen molar-refractivity contribution in [2.75, 3.05) is 13.7 Å². The number of aryl methyl sites for hydroxylation is 1. The molecule has 0 radical (unpaired) electrons. The van der Waals surface area contributed by atoms with Crippen molar-refractivity contribution < 1.29 is 23.8 Å². The molecule has 5 nitrogen and oxygen atoms in total. The van der Waals surface area contributed by atoms with Gasteiger partial charge in [-0.1, -0.05) is 6.07 Å². The Bertz CT molecular complexity index is 476.